The molecular weight excluding hydrogens is 212 g/mol. The van der Waals surface area contributed by atoms with Gasteiger partial charge >= 0.3 is 0 Å². The molecule has 2 aliphatic carbocycles. The molecule has 2 N–H and O–H groups in total. The molecule has 3 rings (SSSR count). The van der Waals surface area contributed by atoms with E-state index < -0.39 is 0 Å². The Labute approximate surface area is 104 Å². The summed E-state index contributed by atoms with van der Waals surface area (Å²) in [5, 5.41) is 0. The van der Waals surface area contributed by atoms with Crippen LogP contribution in [0.1, 0.15) is 46.5 Å². The van der Waals surface area contributed by atoms with Crippen LogP contribution in [0, 0.1) is 16.7 Å². The molecule has 4 unspecified atom stereocenters. The largest absolute Gasteiger partial charge is 0.337 e. The van der Waals surface area contributed by atoms with Crippen LogP contribution in [0.2, 0.25) is 0 Å². The van der Waals surface area contributed by atoms with Crippen LogP contribution in [-0.4, -0.2) is 29.4 Å². The molecule has 1 aliphatic heterocycles. The van der Waals surface area contributed by atoms with Gasteiger partial charge in [-0.15, -0.1) is 0 Å². The zero-order valence-electron chi connectivity index (χ0n) is 11.2. The molecule has 1 heterocycles. The number of amides is 1. The molecule has 2 bridgehead atoms. The molecule has 17 heavy (non-hydrogen) atoms. The lowest BCUT2D eigenvalue weighted by atomic mass is 9.67. The Morgan fingerprint density at radius 3 is 2.47 bits per heavy atom. The number of nitrogens with zero attached hydrogens (tertiary/aromatic N) is 1. The van der Waals surface area contributed by atoms with Gasteiger partial charge in [-0.05, 0) is 42.4 Å². The number of rotatable bonds is 1. The summed E-state index contributed by atoms with van der Waals surface area (Å²) >= 11 is 0. The van der Waals surface area contributed by atoms with Gasteiger partial charge in [-0.1, -0.05) is 20.8 Å². The lowest BCUT2D eigenvalue weighted by Crippen LogP contribution is -2.54. The van der Waals surface area contributed by atoms with E-state index in [1.165, 1.54) is 19.3 Å². The molecule has 0 aromatic rings. The summed E-state index contributed by atoms with van der Waals surface area (Å²) in [6.45, 7) is 7.95. The minimum absolute atomic E-state index is 0.192. The van der Waals surface area contributed by atoms with Crippen LogP contribution in [0.15, 0.2) is 0 Å². The van der Waals surface area contributed by atoms with Gasteiger partial charge in [-0.25, -0.2) is 0 Å². The molecule has 4 atom stereocenters. The van der Waals surface area contributed by atoms with Crippen LogP contribution >= 0.6 is 0 Å². The highest BCUT2D eigenvalue weighted by Gasteiger charge is 2.62. The van der Waals surface area contributed by atoms with Crippen molar-refractivity contribution in [3.63, 3.8) is 0 Å². The summed E-state index contributed by atoms with van der Waals surface area (Å²) < 4.78 is 0. The smallest absolute Gasteiger partial charge is 0.239 e. The highest BCUT2D eigenvalue weighted by molar-refractivity contribution is 5.84. The van der Waals surface area contributed by atoms with Crippen molar-refractivity contribution in [3.05, 3.63) is 0 Å². The first-order valence-corrected chi connectivity index (χ1v) is 6.92. The fourth-order valence-electron chi connectivity index (χ4n) is 5.03. The number of hydrogen-bond donors (Lipinski definition) is 1. The molecule has 1 saturated heterocycles. The number of fused-ring (bicyclic) bond motifs is 2. The van der Waals surface area contributed by atoms with Crippen molar-refractivity contribution < 1.29 is 4.79 Å². The molecule has 0 aromatic carbocycles. The van der Waals surface area contributed by atoms with E-state index >= 15 is 0 Å². The predicted molar refractivity (Wildman–Crippen MR) is 67.3 cm³/mol. The standard InChI is InChI=1S/C14H24N2O/c1-13(2)9-4-6-14(3,8-9)12(13)16-7-5-10(15)11(16)17/h9-10,12H,4-8,15H2,1-3H3. The highest BCUT2D eigenvalue weighted by Crippen LogP contribution is 2.64. The average molecular weight is 236 g/mol. The van der Waals surface area contributed by atoms with E-state index in [9.17, 15) is 4.79 Å². The maximum absolute atomic E-state index is 12.2. The number of nitrogens with two attached hydrogens (primary N) is 1. The van der Waals surface area contributed by atoms with Gasteiger partial charge in [0.25, 0.3) is 0 Å². The molecule has 96 valence electrons. The third-order valence-corrected chi connectivity index (χ3v) is 5.79. The first-order chi connectivity index (χ1) is 7.86. The Balaban J connectivity index is 1.95. The van der Waals surface area contributed by atoms with Crippen LogP contribution in [0.25, 0.3) is 0 Å². The Hall–Kier alpha value is -0.570. The van der Waals surface area contributed by atoms with Crippen molar-refractivity contribution in [2.24, 2.45) is 22.5 Å². The molecule has 3 heteroatoms. The molecule has 2 saturated carbocycles. The highest BCUT2D eigenvalue weighted by atomic mass is 16.2. The third-order valence-electron chi connectivity index (χ3n) is 5.79. The van der Waals surface area contributed by atoms with Crippen molar-refractivity contribution in [1.82, 2.24) is 4.90 Å². The van der Waals surface area contributed by atoms with Crippen LogP contribution in [0.3, 0.4) is 0 Å². The van der Waals surface area contributed by atoms with Gasteiger partial charge < -0.3 is 10.6 Å². The van der Waals surface area contributed by atoms with Gasteiger partial charge in [0.15, 0.2) is 0 Å². The lowest BCUT2D eigenvalue weighted by molar-refractivity contribution is -0.136. The SMILES string of the molecule is CC12CCC(C1)C(C)(C)C2N1CCC(N)C1=O. The molecular formula is C14H24N2O. The van der Waals surface area contributed by atoms with Crippen LogP contribution in [-0.2, 0) is 4.79 Å². The summed E-state index contributed by atoms with van der Waals surface area (Å²) in [6, 6.07) is 0.170. The first kappa shape index (κ1) is 11.5. The van der Waals surface area contributed by atoms with Crippen molar-refractivity contribution >= 4 is 5.91 Å². The lowest BCUT2D eigenvalue weighted by Gasteiger charge is -2.47. The molecule has 3 fully saturated rings. The average Bonchev–Trinajstić information content (AvgIpc) is 2.82. The number of likely N-dealkylation sites (tertiary alicyclic amines) is 1. The molecule has 1 amide bonds. The Kier molecular flexibility index (Phi) is 2.20. The summed E-state index contributed by atoms with van der Waals surface area (Å²) in [5.74, 6) is 0.985. The number of carbonyl (C=O) groups is 1. The van der Waals surface area contributed by atoms with Gasteiger partial charge in [-0.2, -0.15) is 0 Å². The summed E-state index contributed by atoms with van der Waals surface area (Å²) in [7, 11) is 0. The maximum atomic E-state index is 12.2. The zero-order valence-corrected chi connectivity index (χ0v) is 11.2. The Bertz CT molecular complexity index is 360. The quantitative estimate of drug-likeness (QED) is 0.754. The Morgan fingerprint density at radius 1 is 1.29 bits per heavy atom. The topological polar surface area (TPSA) is 46.3 Å². The van der Waals surface area contributed by atoms with E-state index in [2.05, 4.69) is 25.7 Å². The normalized spacial score (nSPS) is 48.1. The van der Waals surface area contributed by atoms with Crippen molar-refractivity contribution in [3.8, 4) is 0 Å². The second kappa shape index (κ2) is 3.25. The summed E-state index contributed by atoms with van der Waals surface area (Å²) in [6.07, 6.45) is 4.76. The van der Waals surface area contributed by atoms with E-state index in [0.717, 1.165) is 18.9 Å². The second-order valence-electron chi connectivity index (χ2n) is 7.24. The summed E-state index contributed by atoms with van der Waals surface area (Å²) in [5.41, 5.74) is 6.49. The second-order valence-corrected chi connectivity index (χ2v) is 7.24. The number of hydrogen-bond acceptors (Lipinski definition) is 2. The third kappa shape index (κ3) is 1.35. The first-order valence-electron chi connectivity index (χ1n) is 6.92. The van der Waals surface area contributed by atoms with E-state index in [-0.39, 0.29) is 17.4 Å². The Morgan fingerprint density at radius 2 is 2.00 bits per heavy atom. The van der Waals surface area contributed by atoms with Crippen LogP contribution in [0.5, 0.6) is 0 Å². The van der Waals surface area contributed by atoms with Gasteiger partial charge in [0.2, 0.25) is 5.91 Å². The zero-order chi connectivity index (χ0) is 12.4. The van der Waals surface area contributed by atoms with Crippen molar-refractivity contribution in [2.75, 3.05) is 6.54 Å². The van der Waals surface area contributed by atoms with E-state index in [1.54, 1.807) is 0 Å². The van der Waals surface area contributed by atoms with Gasteiger partial charge in [-0.3, -0.25) is 4.79 Å². The van der Waals surface area contributed by atoms with Crippen molar-refractivity contribution in [1.29, 1.82) is 0 Å². The fourth-order valence-corrected chi connectivity index (χ4v) is 5.03. The van der Waals surface area contributed by atoms with E-state index in [1.807, 2.05) is 0 Å². The predicted octanol–water partition coefficient (Wildman–Crippen LogP) is 1.76. The number of carbonyl (C=O) groups excluding carboxylic acids is 1. The van der Waals surface area contributed by atoms with Crippen LogP contribution < -0.4 is 5.73 Å². The monoisotopic (exact) mass is 236 g/mol. The molecule has 0 spiro atoms. The molecule has 0 radical (unpaired) electrons. The molecule has 0 aromatic heterocycles. The van der Waals surface area contributed by atoms with E-state index in [0.29, 0.717) is 11.5 Å². The maximum Gasteiger partial charge on any atom is 0.239 e. The minimum Gasteiger partial charge on any atom is -0.337 e. The molecule has 3 aliphatic rings. The van der Waals surface area contributed by atoms with Crippen LogP contribution in [0.4, 0.5) is 0 Å². The van der Waals surface area contributed by atoms with Crippen molar-refractivity contribution in [2.45, 2.75) is 58.5 Å². The van der Waals surface area contributed by atoms with Gasteiger partial charge in [0, 0.05) is 12.6 Å². The minimum atomic E-state index is -0.242. The summed E-state index contributed by atoms with van der Waals surface area (Å²) in [4.78, 5) is 14.3. The van der Waals surface area contributed by atoms with Gasteiger partial charge in [0.1, 0.15) is 0 Å². The van der Waals surface area contributed by atoms with Gasteiger partial charge in [0.05, 0.1) is 6.04 Å². The fraction of sp³-hybridized carbons (Fsp3) is 0.929. The molecule has 3 nitrogen and oxygen atoms in total. The van der Waals surface area contributed by atoms with E-state index in [4.69, 9.17) is 5.73 Å².